The van der Waals surface area contributed by atoms with Crippen LogP contribution in [0.1, 0.15) is 19.3 Å². The molecular weight excluding hydrogens is 324 g/mol. The molecule has 0 spiro atoms. The zero-order valence-corrected chi connectivity index (χ0v) is 13.2. The fourth-order valence-electron chi connectivity index (χ4n) is 2.55. The van der Waals surface area contributed by atoms with Crippen LogP contribution in [0.4, 0.5) is 5.69 Å². The van der Waals surface area contributed by atoms with Crippen molar-refractivity contribution in [2.24, 2.45) is 4.99 Å². The van der Waals surface area contributed by atoms with Gasteiger partial charge in [-0.05, 0) is 37.1 Å². The van der Waals surface area contributed by atoms with Gasteiger partial charge in [0.25, 0.3) is 0 Å². The molecule has 0 unspecified atom stereocenters. The third-order valence-electron chi connectivity index (χ3n) is 3.59. The molecule has 3 nitrogen and oxygen atoms in total. The van der Waals surface area contributed by atoms with Crippen LogP contribution in [0.2, 0.25) is 0 Å². The lowest BCUT2D eigenvalue weighted by Crippen LogP contribution is -2.31. The Kier molecular flexibility index (Phi) is 4.03. The summed E-state index contributed by atoms with van der Waals surface area (Å²) in [6.07, 6.45) is 3.75. The molecule has 1 heterocycles. The van der Waals surface area contributed by atoms with Crippen molar-refractivity contribution >= 4 is 38.5 Å². The number of nitrogens with one attached hydrogen (secondary N) is 1. The van der Waals surface area contributed by atoms with Crippen LogP contribution in [0.25, 0.3) is 0 Å². The summed E-state index contributed by atoms with van der Waals surface area (Å²) in [6, 6.07) is 8.44. The number of fused-ring (bicyclic) bond motifs is 1. The van der Waals surface area contributed by atoms with Gasteiger partial charge in [0.05, 0.1) is 13.2 Å². The minimum atomic E-state index is 0.476. The van der Waals surface area contributed by atoms with E-state index in [4.69, 9.17) is 9.73 Å². The molecule has 19 heavy (non-hydrogen) atoms. The van der Waals surface area contributed by atoms with Crippen molar-refractivity contribution in [2.75, 3.05) is 12.4 Å². The molecule has 102 valence electrons. The molecule has 1 aliphatic heterocycles. The highest BCUT2D eigenvalue weighted by molar-refractivity contribution is 9.09. The van der Waals surface area contributed by atoms with Gasteiger partial charge in [-0.1, -0.05) is 34.1 Å². The summed E-state index contributed by atoms with van der Waals surface area (Å²) < 4.78 is 5.16. The Balaban J connectivity index is 1.67. The fourth-order valence-corrected chi connectivity index (χ4v) is 4.82. The SMILES string of the molecule is COc1ccc(NC2=N[C@@H]3CCC[C@H](Br)[C@H]3S2)cc1. The average Bonchev–Trinajstić information content (AvgIpc) is 2.84. The number of ether oxygens (including phenoxy) is 1. The second kappa shape index (κ2) is 5.75. The van der Waals surface area contributed by atoms with Crippen molar-refractivity contribution < 1.29 is 4.74 Å². The standard InChI is InChI=1S/C14H17BrN2OS/c1-18-10-7-5-9(6-8-10)16-14-17-12-4-2-3-11(15)13(12)19-14/h5-8,11-13H,2-4H2,1H3,(H,16,17)/t11-,12+,13+/m0/s1. The zero-order valence-electron chi connectivity index (χ0n) is 10.8. The molecule has 1 aromatic rings. The molecule has 2 aliphatic rings. The number of hydrogen-bond donors (Lipinski definition) is 1. The van der Waals surface area contributed by atoms with E-state index in [9.17, 15) is 0 Å². The summed E-state index contributed by atoms with van der Waals surface area (Å²) in [6.45, 7) is 0. The highest BCUT2D eigenvalue weighted by Crippen LogP contribution is 2.40. The summed E-state index contributed by atoms with van der Waals surface area (Å²) >= 11 is 5.66. The molecule has 0 radical (unpaired) electrons. The van der Waals surface area contributed by atoms with Gasteiger partial charge in [-0.3, -0.25) is 4.99 Å². The van der Waals surface area contributed by atoms with Crippen LogP contribution in [-0.2, 0) is 0 Å². The number of alkyl halides is 1. The van der Waals surface area contributed by atoms with Gasteiger partial charge in [-0.25, -0.2) is 0 Å². The van der Waals surface area contributed by atoms with Crippen LogP contribution in [0.3, 0.4) is 0 Å². The largest absolute Gasteiger partial charge is 0.497 e. The van der Waals surface area contributed by atoms with Gasteiger partial charge < -0.3 is 10.1 Å². The molecule has 1 N–H and O–H groups in total. The first kappa shape index (κ1) is 13.3. The quantitative estimate of drug-likeness (QED) is 0.829. The first-order valence-corrected chi connectivity index (χ1v) is 8.35. The monoisotopic (exact) mass is 340 g/mol. The molecule has 3 atom stereocenters. The third-order valence-corrected chi connectivity index (χ3v) is 6.31. The Morgan fingerprint density at radius 1 is 1.32 bits per heavy atom. The van der Waals surface area contributed by atoms with E-state index in [1.807, 2.05) is 36.0 Å². The van der Waals surface area contributed by atoms with E-state index in [1.54, 1.807) is 7.11 Å². The van der Waals surface area contributed by atoms with Gasteiger partial charge in [-0.2, -0.15) is 0 Å². The molecule has 1 aliphatic carbocycles. The molecule has 1 aromatic carbocycles. The number of nitrogens with zero attached hydrogens (tertiary/aromatic N) is 1. The van der Waals surface area contributed by atoms with Gasteiger partial charge in [0.2, 0.25) is 0 Å². The predicted molar refractivity (Wildman–Crippen MR) is 85.8 cm³/mol. The predicted octanol–water partition coefficient (Wildman–Crippen LogP) is 3.89. The Hall–Kier alpha value is -0.680. The van der Waals surface area contributed by atoms with Crippen molar-refractivity contribution in [1.82, 2.24) is 0 Å². The second-order valence-electron chi connectivity index (χ2n) is 4.88. The summed E-state index contributed by atoms with van der Waals surface area (Å²) in [7, 11) is 1.68. The molecule has 0 saturated heterocycles. The summed E-state index contributed by atoms with van der Waals surface area (Å²) in [5.41, 5.74) is 1.07. The van der Waals surface area contributed by atoms with Crippen molar-refractivity contribution in [3.8, 4) is 5.75 Å². The van der Waals surface area contributed by atoms with Gasteiger partial charge in [0.1, 0.15) is 5.75 Å². The second-order valence-corrected chi connectivity index (χ2v) is 7.23. The molecule has 0 aromatic heterocycles. The molecule has 1 fully saturated rings. The number of benzene rings is 1. The van der Waals surface area contributed by atoms with Crippen molar-refractivity contribution in [3.05, 3.63) is 24.3 Å². The number of aliphatic imine (C=N–C) groups is 1. The summed E-state index contributed by atoms with van der Waals surface area (Å²) in [5, 5.41) is 5.05. The number of rotatable bonds is 2. The molecule has 0 amide bonds. The lowest BCUT2D eigenvalue weighted by Gasteiger charge is -2.27. The minimum Gasteiger partial charge on any atom is -0.497 e. The Morgan fingerprint density at radius 2 is 2.11 bits per heavy atom. The number of methoxy groups -OCH3 is 1. The maximum Gasteiger partial charge on any atom is 0.161 e. The van der Waals surface area contributed by atoms with Gasteiger partial charge in [0, 0.05) is 15.8 Å². The third kappa shape index (κ3) is 2.92. The first-order valence-electron chi connectivity index (χ1n) is 6.56. The molecule has 1 saturated carbocycles. The van der Waals surface area contributed by atoms with Crippen molar-refractivity contribution in [3.63, 3.8) is 0 Å². The highest BCUT2D eigenvalue weighted by Gasteiger charge is 2.37. The van der Waals surface area contributed by atoms with Crippen LogP contribution in [0.5, 0.6) is 5.75 Å². The van der Waals surface area contributed by atoms with Gasteiger partial charge in [-0.15, -0.1) is 0 Å². The van der Waals surface area contributed by atoms with E-state index in [2.05, 4.69) is 21.2 Å². The Labute approximate surface area is 126 Å². The van der Waals surface area contributed by atoms with Gasteiger partial charge >= 0.3 is 0 Å². The highest BCUT2D eigenvalue weighted by atomic mass is 79.9. The minimum absolute atomic E-state index is 0.476. The normalized spacial score (nSPS) is 29.6. The van der Waals surface area contributed by atoms with Crippen LogP contribution in [0, 0.1) is 0 Å². The van der Waals surface area contributed by atoms with Gasteiger partial charge in [0.15, 0.2) is 5.17 Å². The topological polar surface area (TPSA) is 33.6 Å². The molecule has 5 heteroatoms. The Morgan fingerprint density at radius 3 is 2.79 bits per heavy atom. The van der Waals surface area contributed by atoms with Crippen molar-refractivity contribution in [1.29, 1.82) is 0 Å². The molecule has 3 rings (SSSR count). The lowest BCUT2D eigenvalue weighted by atomic mass is 9.95. The molecular formula is C14H17BrN2OS. The number of hydrogen-bond acceptors (Lipinski definition) is 4. The summed E-state index contributed by atoms with van der Waals surface area (Å²) in [4.78, 5) is 5.40. The number of thioether (sulfide) groups is 1. The van der Waals surface area contributed by atoms with E-state index < -0.39 is 0 Å². The number of halogens is 1. The lowest BCUT2D eigenvalue weighted by molar-refractivity contribution is 0.415. The zero-order chi connectivity index (χ0) is 13.2. The van der Waals surface area contributed by atoms with E-state index in [0.717, 1.165) is 16.6 Å². The smallest absolute Gasteiger partial charge is 0.161 e. The van der Waals surface area contributed by atoms with Crippen molar-refractivity contribution in [2.45, 2.75) is 35.4 Å². The van der Waals surface area contributed by atoms with Crippen LogP contribution < -0.4 is 10.1 Å². The maximum atomic E-state index is 5.16. The van der Waals surface area contributed by atoms with E-state index in [1.165, 1.54) is 19.3 Å². The average molecular weight is 341 g/mol. The molecule has 0 bridgehead atoms. The summed E-state index contributed by atoms with van der Waals surface area (Å²) in [5.74, 6) is 0.876. The van der Waals surface area contributed by atoms with Crippen LogP contribution in [-0.4, -0.2) is 28.4 Å². The van der Waals surface area contributed by atoms with E-state index in [0.29, 0.717) is 16.1 Å². The first-order chi connectivity index (χ1) is 9.26. The van der Waals surface area contributed by atoms with Crippen LogP contribution in [0.15, 0.2) is 29.3 Å². The van der Waals surface area contributed by atoms with E-state index in [-0.39, 0.29) is 0 Å². The fraction of sp³-hybridized carbons (Fsp3) is 0.500. The Bertz CT molecular complexity index is 477. The van der Waals surface area contributed by atoms with E-state index >= 15 is 0 Å². The number of amidine groups is 1. The number of anilines is 1. The van der Waals surface area contributed by atoms with Crippen LogP contribution >= 0.6 is 27.7 Å². The maximum absolute atomic E-state index is 5.16.